The van der Waals surface area contributed by atoms with Crippen LogP contribution >= 0.6 is 0 Å². The summed E-state index contributed by atoms with van der Waals surface area (Å²) in [6, 6.07) is 15.8. The minimum absolute atomic E-state index is 0.0642. The molecule has 2 heterocycles. The summed E-state index contributed by atoms with van der Waals surface area (Å²) in [6.45, 7) is 6.60. The fraction of sp³-hybridized carbons (Fsp3) is 0.407. The highest BCUT2D eigenvalue weighted by Crippen LogP contribution is 2.42. The van der Waals surface area contributed by atoms with E-state index in [1.807, 2.05) is 43.3 Å². The monoisotopic (exact) mass is 429 g/mol. The van der Waals surface area contributed by atoms with Crippen molar-refractivity contribution >= 4 is 22.7 Å². The van der Waals surface area contributed by atoms with Crippen molar-refractivity contribution in [3.63, 3.8) is 0 Å². The highest BCUT2D eigenvalue weighted by Gasteiger charge is 2.40. The molecule has 2 aromatic carbocycles. The Morgan fingerprint density at radius 3 is 2.69 bits per heavy atom. The van der Waals surface area contributed by atoms with Crippen molar-refractivity contribution in [1.82, 2.24) is 15.2 Å². The van der Waals surface area contributed by atoms with Gasteiger partial charge < -0.3 is 15.2 Å². The first-order chi connectivity index (χ1) is 15.5. The molecule has 0 bridgehead atoms. The summed E-state index contributed by atoms with van der Waals surface area (Å²) in [4.78, 5) is 31.8. The minimum atomic E-state index is -0.275. The molecule has 2 N–H and O–H groups in total. The fourth-order valence-electron chi connectivity index (χ4n) is 5.69. The zero-order chi connectivity index (χ0) is 22.4. The van der Waals surface area contributed by atoms with Crippen molar-refractivity contribution in [2.45, 2.75) is 52.1 Å². The van der Waals surface area contributed by atoms with E-state index in [-0.39, 0.29) is 30.4 Å². The molecule has 5 nitrogen and oxygen atoms in total. The number of nitrogens with one attached hydrogen (secondary N) is 2. The van der Waals surface area contributed by atoms with Gasteiger partial charge in [-0.1, -0.05) is 63.1 Å². The van der Waals surface area contributed by atoms with Crippen LogP contribution in [0, 0.1) is 18.8 Å². The summed E-state index contributed by atoms with van der Waals surface area (Å²) in [6.07, 6.45) is 3.37. The lowest BCUT2D eigenvalue weighted by molar-refractivity contribution is -0.123. The predicted molar refractivity (Wildman–Crippen MR) is 126 cm³/mol. The number of nitrogens with zero attached hydrogens (tertiary/aromatic N) is 1. The third kappa shape index (κ3) is 3.40. The van der Waals surface area contributed by atoms with Crippen LogP contribution in [0.4, 0.5) is 0 Å². The van der Waals surface area contributed by atoms with Gasteiger partial charge in [0.1, 0.15) is 6.54 Å². The lowest BCUT2D eigenvalue weighted by atomic mass is 9.78. The average Bonchev–Trinajstić information content (AvgIpc) is 3.25. The zero-order valence-electron chi connectivity index (χ0n) is 19.0. The normalized spacial score (nSPS) is 25.2. The maximum Gasteiger partial charge on any atom is 0.255 e. The third-order valence-corrected chi connectivity index (χ3v) is 7.64. The van der Waals surface area contributed by atoms with E-state index in [2.05, 4.69) is 36.3 Å². The SMILES string of the molecule is Cc1[nH]c2ccccc2c1[C@@H]1c2ccccc2C(=O)N1CC(=O)N[C@@H]1CCC[C@H](C)[C@@H]1C. The number of aromatic nitrogens is 1. The Bertz CT molecular complexity index is 1180. The number of aromatic amines is 1. The van der Waals surface area contributed by atoms with Crippen LogP contribution in [0.15, 0.2) is 48.5 Å². The van der Waals surface area contributed by atoms with E-state index in [1.54, 1.807) is 4.90 Å². The van der Waals surface area contributed by atoms with E-state index >= 15 is 0 Å². The molecule has 1 fully saturated rings. The summed E-state index contributed by atoms with van der Waals surface area (Å²) < 4.78 is 0. The van der Waals surface area contributed by atoms with Crippen LogP contribution in [-0.4, -0.2) is 34.3 Å². The number of aryl methyl sites for hydroxylation is 1. The van der Waals surface area contributed by atoms with Gasteiger partial charge in [0.05, 0.1) is 6.04 Å². The van der Waals surface area contributed by atoms with Gasteiger partial charge in [-0.05, 0) is 42.9 Å². The molecule has 0 unspecified atom stereocenters. The zero-order valence-corrected chi connectivity index (χ0v) is 19.0. The average molecular weight is 430 g/mol. The van der Waals surface area contributed by atoms with Gasteiger partial charge >= 0.3 is 0 Å². The van der Waals surface area contributed by atoms with Crippen LogP contribution in [-0.2, 0) is 4.79 Å². The number of rotatable bonds is 4. The molecule has 1 saturated carbocycles. The Hall–Kier alpha value is -3.08. The highest BCUT2D eigenvalue weighted by atomic mass is 16.2. The number of fused-ring (bicyclic) bond motifs is 2. The van der Waals surface area contributed by atoms with Crippen molar-refractivity contribution in [2.24, 2.45) is 11.8 Å². The van der Waals surface area contributed by atoms with Crippen molar-refractivity contribution < 1.29 is 9.59 Å². The molecule has 5 heteroatoms. The van der Waals surface area contributed by atoms with Crippen LogP contribution in [0.3, 0.4) is 0 Å². The molecule has 0 saturated heterocycles. The number of carbonyl (C=O) groups is 2. The Labute approximate surface area is 189 Å². The number of para-hydroxylation sites is 1. The van der Waals surface area contributed by atoms with E-state index in [0.717, 1.165) is 40.6 Å². The van der Waals surface area contributed by atoms with E-state index in [4.69, 9.17) is 0 Å². The molecule has 1 aliphatic heterocycles. The Kier molecular flexibility index (Phi) is 5.28. The number of H-pyrrole nitrogens is 1. The first-order valence-corrected chi connectivity index (χ1v) is 11.7. The molecule has 166 valence electrons. The second kappa shape index (κ2) is 8.12. The van der Waals surface area contributed by atoms with E-state index < -0.39 is 0 Å². The summed E-state index contributed by atoms with van der Waals surface area (Å²) in [5.41, 5.74) is 4.81. The predicted octanol–water partition coefficient (Wildman–Crippen LogP) is 4.96. The lowest BCUT2D eigenvalue weighted by Crippen LogP contribution is -2.48. The van der Waals surface area contributed by atoms with Crippen molar-refractivity contribution in [2.75, 3.05) is 6.54 Å². The minimum Gasteiger partial charge on any atom is -0.358 e. The summed E-state index contributed by atoms with van der Waals surface area (Å²) in [7, 11) is 0. The number of hydrogen-bond acceptors (Lipinski definition) is 2. The quantitative estimate of drug-likeness (QED) is 0.615. The van der Waals surface area contributed by atoms with Crippen LogP contribution in [0.25, 0.3) is 10.9 Å². The van der Waals surface area contributed by atoms with Gasteiger partial charge in [0.25, 0.3) is 5.91 Å². The van der Waals surface area contributed by atoms with Crippen LogP contribution in [0.1, 0.15) is 66.3 Å². The molecule has 0 spiro atoms. The Balaban J connectivity index is 1.49. The van der Waals surface area contributed by atoms with Gasteiger partial charge in [0.15, 0.2) is 0 Å². The topological polar surface area (TPSA) is 65.2 Å². The maximum atomic E-state index is 13.4. The van der Waals surface area contributed by atoms with Crippen molar-refractivity contribution in [1.29, 1.82) is 0 Å². The van der Waals surface area contributed by atoms with E-state index in [1.165, 1.54) is 6.42 Å². The third-order valence-electron chi connectivity index (χ3n) is 7.64. The fourth-order valence-corrected chi connectivity index (χ4v) is 5.69. The van der Waals surface area contributed by atoms with Gasteiger partial charge in [0.2, 0.25) is 5.91 Å². The molecule has 4 atom stereocenters. The van der Waals surface area contributed by atoms with Crippen LogP contribution in [0.5, 0.6) is 0 Å². The number of hydrogen-bond donors (Lipinski definition) is 2. The van der Waals surface area contributed by atoms with Crippen LogP contribution < -0.4 is 5.32 Å². The Morgan fingerprint density at radius 2 is 1.84 bits per heavy atom. The van der Waals surface area contributed by atoms with Gasteiger partial charge in [-0.3, -0.25) is 9.59 Å². The number of amides is 2. The molecule has 2 aliphatic rings. The molecule has 3 aromatic rings. The summed E-state index contributed by atoms with van der Waals surface area (Å²) >= 11 is 0. The molecular formula is C27H31N3O2. The van der Waals surface area contributed by atoms with Gasteiger partial charge in [-0.2, -0.15) is 0 Å². The Morgan fingerprint density at radius 1 is 1.09 bits per heavy atom. The number of benzene rings is 2. The van der Waals surface area contributed by atoms with Gasteiger partial charge in [-0.15, -0.1) is 0 Å². The molecule has 1 aromatic heterocycles. The van der Waals surface area contributed by atoms with Crippen LogP contribution in [0.2, 0.25) is 0 Å². The molecule has 5 rings (SSSR count). The highest BCUT2D eigenvalue weighted by molar-refractivity contribution is 6.02. The van der Waals surface area contributed by atoms with E-state index in [9.17, 15) is 9.59 Å². The summed E-state index contributed by atoms with van der Waals surface area (Å²) in [5, 5.41) is 4.35. The smallest absolute Gasteiger partial charge is 0.255 e. The second-order valence-electron chi connectivity index (χ2n) is 9.57. The van der Waals surface area contributed by atoms with E-state index in [0.29, 0.717) is 17.4 Å². The second-order valence-corrected chi connectivity index (χ2v) is 9.57. The first-order valence-electron chi connectivity index (χ1n) is 11.7. The standard InChI is InChI=1S/C27H31N3O2/c1-16-9-8-14-22(17(16)2)29-24(31)15-30-26(19-10-4-5-11-20(19)27(30)32)25-18(3)28-23-13-7-6-12-21(23)25/h4-7,10-13,16-17,22,26,28H,8-9,14-15H2,1-3H3,(H,29,31)/t16-,17-,22+,26-/m0/s1. The van der Waals surface area contributed by atoms with Crippen molar-refractivity contribution in [3.05, 3.63) is 70.9 Å². The molecule has 0 radical (unpaired) electrons. The molecular weight excluding hydrogens is 398 g/mol. The maximum absolute atomic E-state index is 13.4. The largest absolute Gasteiger partial charge is 0.358 e. The summed E-state index contributed by atoms with van der Waals surface area (Å²) in [5.74, 6) is 0.911. The van der Waals surface area contributed by atoms with Crippen molar-refractivity contribution in [3.8, 4) is 0 Å². The number of carbonyl (C=O) groups excluding carboxylic acids is 2. The molecule has 32 heavy (non-hydrogen) atoms. The molecule has 1 aliphatic carbocycles. The lowest BCUT2D eigenvalue weighted by Gasteiger charge is -2.35. The van der Waals surface area contributed by atoms with Gasteiger partial charge in [0, 0.05) is 33.8 Å². The first kappa shape index (κ1) is 20.8. The van der Waals surface area contributed by atoms with Gasteiger partial charge in [-0.25, -0.2) is 0 Å². The molecule has 2 amide bonds.